The van der Waals surface area contributed by atoms with Crippen molar-refractivity contribution in [3.05, 3.63) is 66.4 Å². The van der Waals surface area contributed by atoms with Gasteiger partial charge in [0.1, 0.15) is 0 Å². The van der Waals surface area contributed by atoms with Crippen molar-refractivity contribution in [2.45, 2.75) is 11.7 Å². The van der Waals surface area contributed by atoms with Crippen LogP contribution in [0.1, 0.15) is 5.56 Å². The summed E-state index contributed by atoms with van der Waals surface area (Å²) in [5, 5.41) is 3.69. The maximum absolute atomic E-state index is 12.1. The van der Waals surface area contributed by atoms with Gasteiger partial charge in [-0.25, -0.2) is 4.98 Å². The molecule has 2 aromatic carbocycles. The Kier molecular flexibility index (Phi) is 5.96. The van der Waals surface area contributed by atoms with Gasteiger partial charge in [0, 0.05) is 26.3 Å². The Balaban J connectivity index is 1.46. The number of carbonyl (C=O) groups excluding carboxylic acids is 1. The molecule has 3 rings (SSSR count). The number of anilines is 1. The van der Waals surface area contributed by atoms with Crippen LogP contribution >= 0.6 is 11.8 Å². The SMILES string of the molecule is CN(C)c1ccc(CNC(=O)CSc2ncc(-c3ccccc3)[nH]2)cc1. The number of benzene rings is 2. The predicted octanol–water partition coefficient (Wildman–Crippen LogP) is 3.55. The van der Waals surface area contributed by atoms with Crippen LogP contribution in [0, 0.1) is 0 Å². The van der Waals surface area contributed by atoms with Crippen LogP contribution in [0.5, 0.6) is 0 Å². The lowest BCUT2D eigenvalue weighted by Crippen LogP contribution is -2.24. The lowest BCUT2D eigenvalue weighted by molar-refractivity contribution is -0.118. The Bertz CT molecular complexity index is 844. The Morgan fingerprint density at radius 2 is 1.85 bits per heavy atom. The molecule has 0 saturated carbocycles. The Morgan fingerprint density at radius 3 is 2.54 bits per heavy atom. The van der Waals surface area contributed by atoms with Crippen molar-refractivity contribution < 1.29 is 4.79 Å². The van der Waals surface area contributed by atoms with Gasteiger partial charge in [0.2, 0.25) is 5.91 Å². The molecule has 0 atom stereocenters. The van der Waals surface area contributed by atoms with E-state index in [1.54, 1.807) is 6.20 Å². The molecule has 134 valence electrons. The van der Waals surface area contributed by atoms with Crippen molar-refractivity contribution in [1.29, 1.82) is 0 Å². The number of H-pyrrole nitrogens is 1. The largest absolute Gasteiger partial charge is 0.378 e. The lowest BCUT2D eigenvalue weighted by atomic mass is 10.2. The summed E-state index contributed by atoms with van der Waals surface area (Å²) in [6, 6.07) is 18.2. The average Bonchev–Trinajstić information content (AvgIpc) is 3.15. The van der Waals surface area contributed by atoms with Gasteiger partial charge in [-0.2, -0.15) is 0 Å². The van der Waals surface area contributed by atoms with Gasteiger partial charge in [0.25, 0.3) is 0 Å². The van der Waals surface area contributed by atoms with Gasteiger partial charge in [-0.3, -0.25) is 4.79 Å². The monoisotopic (exact) mass is 366 g/mol. The molecule has 1 aromatic heterocycles. The van der Waals surface area contributed by atoms with Gasteiger partial charge in [0.05, 0.1) is 17.6 Å². The highest BCUT2D eigenvalue weighted by molar-refractivity contribution is 7.99. The summed E-state index contributed by atoms with van der Waals surface area (Å²) in [6.07, 6.45) is 1.79. The van der Waals surface area contributed by atoms with Gasteiger partial charge in [-0.1, -0.05) is 54.2 Å². The van der Waals surface area contributed by atoms with E-state index in [2.05, 4.69) is 15.3 Å². The Labute approximate surface area is 157 Å². The van der Waals surface area contributed by atoms with Crippen LogP contribution in [0.15, 0.2) is 66.0 Å². The van der Waals surface area contributed by atoms with Gasteiger partial charge in [-0.15, -0.1) is 0 Å². The van der Waals surface area contributed by atoms with Crippen molar-refractivity contribution in [1.82, 2.24) is 15.3 Å². The maximum atomic E-state index is 12.1. The maximum Gasteiger partial charge on any atom is 0.230 e. The molecule has 1 heterocycles. The minimum Gasteiger partial charge on any atom is -0.378 e. The van der Waals surface area contributed by atoms with E-state index in [1.165, 1.54) is 11.8 Å². The van der Waals surface area contributed by atoms with Gasteiger partial charge in [0.15, 0.2) is 5.16 Å². The molecule has 6 heteroatoms. The van der Waals surface area contributed by atoms with E-state index in [1.807, 2.05) is 73.6 Å². The summed E-state index contributed by atoms with van der Waals surface area (Å²) in [4.78, 5) is 21.7. The first kappa shape index (κ1) is 18.1. The minimum absolute atomic E-state index is 0.00986. The molecule has 26 heavy (non-hydrogen) atoms. The second kappa shape index (κ2) is 8.58. The third kappa shape index (κ3) is 4.89. The summed E-state index contributed by atoms with van der Waals surface area (Å²) in [6.45, 7) is 0.528. The van der Waals surface area contributed by atoms with Crippen molar-refractivity contribution >= 4 is 23.4 Å². The number of imidazole rings is 1. The van der Waals surface area contributed by atoms with Crippen LogP contribution in [0.25, 0.3) is 11.3 Å². The Hall–Kier alpha value is -2.73. The highest BCUT2D eigenvalue weighted by atomic mass is 32.2. The fourth-order valence-corrected chi connectivity index (χ4v) is 3.12. The van der Waals surface area contributed by atoms with Crippen LogP contribution in [0.2, 0.25) is 0 Å². The van der Waals surface area contributed by atoms with E-state index in [4.69, 9.17) is 0 Å². The number of nitrogens with zero attached hydrogens (tertiary/aromatic N) is 2. The van der Waals surface area contributed by atoms with Gasteiger partial charge in [-0.05, 0) is 23.3 Å². The number of aromatic nitrogens is 2. The molecule has 3 aromatic rings. The van der Waals surface area contributed by atoms with Crippen molar-refractivity contribution in [2.75, 3.05) is 24.7 Å². The molecule has 1 amide bonds. The second-order valence-electron chi connectivity index (χ2n) is 6.09. The van der Waals surface area contributed by atoms with Crippen molar-refractivity contribution in [3.8, 4) is 11.3 Å². The minimum atomic E-state index is -0.00986. The smallest absolute Gasteiger partial charge is 0.230 e. The summed E-state index contributed by atoms with van der Waals surface area (Å²) in [7, 11) is 4.01. The molecule has 5 nitrogen and oxygen atoms in total. The zero-order chi connectivity index (χ0) is 18.4. The van der Waals surface area contributed by atoms with E-state index in [0.29, 0.717) is 12.3 Å². The summed E-state index contributed by atoms with van der Waals surface area (Å²) in [5.74, 6) is 0.321. The predicted molar refractivity (Wildman–Crippen MR) is 107 cm³/mol. The number of rotatable bonds is 7. The molecule has 0 aliphatic rings. The van der Waals surface area contributed by atoms with Crippen LogP contribution in [-0.2, 0) is 11.3 Å². The number of thioether (sulfide) groups is 1. The number of carbonyl (C=O) groups is 1. The molecule has 0 fully saturated rings. The fraction of sp³-hybridized carbons (Fsp3) is 0.200. The quantitative estimate of drug-likeness (QED) is 0.628. The Morgan fingerprint density at radius 1 is 1.12 bits per heavy atom. The van der Waals surface area contributed by atoms with Crippen molar-refractivity contribution in [3.63, 3.8) is 0 Å². The van der Waals surface area contributed by atoms with E-state index >= 15 is 0 Å². The highest BCUT2D eigenvalue weighted by Gasteiger charge is 2.07. The first-order chi connectivity index (χ1) is 12.6. The zero-order valence-electron chi connectivity index (χ0n) is 14.9. The van der Waals surface area contributed by atoms with E-state index in [-0.39, 0.29) is 5.91 Å². The summed E-state index contributed by atoms with van der Waals surface area (Å²) >= 11 is 1.40. The number of nitrogens with one attached hydrogen (secondary N) is 2. The molecule has 0 aliphatic carbocycles. The summed E-state index contributed by atoms with van der Waals surface area (Å²) in [5.41, 5.74) is 4.26. The molecule has 0 saturated heterocycles. The first-order valence-corrected chi connectivity index (χ1v) is 9.36. The molecule has 0 aliphatic heterocycles. The molecule has 2 N–H and O–H groups in total. The van der Waals surface area contributed by atoms with Crippen LogP contribution < -0.4 is 10.2 Å². The molecular weight excluding hydrogens is 344 g/mol. The van der Waals surface area contributed by atoms with Gasteiger partial charge >= 0.3 is 0 Å². The average molecular weight is 366 g/mol. The fourth-order valence-electron chi connectivity index (χ4n) is 2.44. The first-order valence-electron chi connectivity index (χ1n) is 8.38. The lowest BCUT2D eigenvalue weighted by Gasteiger charge is -2.12. The van der Waals surface area contributed by atoms with Crippen LogP contribution in [0.3, 0.4) is 0 Å². The molecule has 0 unspecified atom stereocenters. The summed E-state index contributed by atoms with van der Waals surface area (Å²) < 4.78 is 0. The molecular formula is C20H22N4OS. The second-order valence-corrected chi connectivity index (χ2v) is 7.06. The van der Waals surface area contributed by atoms with Crippen LogP contribution in [0.4, 0.5) is 5.69 Å². The topological polar surface area (TPSA) is 61.0 Å². The number of hydrogen-bond donors (Lipinski definition) is 2. The molecule has 0 spiro atoms. The van der Waals surface area contributed by atoms with E-state index in [0.717, 1.165) is 27.7 Å². The third-order valence-electron chi connectivity index (χ3n) is 3.92. The number of hydrogen-bond acceptors (Lipinski definition) is 4. The standard InChI is InChI=1S/C20H22N4OS/c1-24(2)17-10-8-15(9-11-17)12-21-19(25)14-26-20-22-13-18(23-20)16-6-4-3-5-7-16/h3-11,13H,12,14H2,1-2H3,(H,21,25)(H,22,23). The van der Waals surface area contributed by atoms with E-state index in [9.17, 15) is 4.79 Å². The van der Waals surface area contributed by atoms with Crippen molar-refractivity contribution in [2.24, 2.45) is 0 Å². The number of amides is 1. The third-order valence-corrected chi connectivity index (χ3v) is 4.81. The highest BCUT2D eigenvalue weighted by Crippen LogP contribution is 2.21. The zero-order valence-corrected chi connectivity index (χ0v) is 15.7. The van der Waals surface area contributed by atoms with Crippen LogP contribution in [-0.4, -0.2) is 35.7 Å². The molecule has 0 radical (unpaired) electrons. The van der Waals surface area contributed by atoms with Gasteiger partial charge < -0.3 is 15.2 Å². The number of aromatic amines is 1. The molecule has 0 bridgehead atoms. The van der Waals surface area contributed by atoms with E-state index < -0.39 is 0 Å². The normalized spacial score (nSPS) is 10.5.